The van der Waals surface area contributed by atoms with Gasteiger partial charge in [0.15, 0.2) is 0 Å². The Balaban J connectivity index is 2.16. The van der Waals surface area contributed by atoms with Crippen molar-refractivity contribution in [1.82, 2.24) is 5.32 Å². The lowest BCUT2D eigenvalue weighted by molar-refractivity contribution is -0.139. The number of carbonyl (C=O) groups is 2. The van der Waals surface area contributed by atoms with E-state index < -0.39 is 18.0 Å². The molecule has 6 nitrogen and oxygen atoms in total. The molecule has 2 N–H and O–H groups in total. The van der Waals surface area contributed by atoms with Gasteiger partial charge in [0.2, 0.25) is 0 Å². The maximum atomic E-state index is 12.4. The molecule has 2 amide bonds. The van der Waals surface area contributed by atoms with Gasteiger partial charge in [0, 0.05) is 6.54 Å². The third-order valence-corrected chi connectivity index (χ3v) is 3.36. The van der Waals surface area contributed by atoms with Gasteiger partial charge in [-0.1, -0.05) is 25.5 Å². The average molecular weight is 292 g/mol. The minimum Gasteiger partial charge on any atom is -0.491 e. The highest BCUT2D eigenvalue weighted by molar-refractivity contribution is 5.95. The molecule has 1 aliphatic heterocycles. The van der Waals surface area contributed by atoms with Gasteiger partial charge in [-0.15, -0.1) is 0 Å². The number of fused-ring (bicyclic) bond motifs is 1. The van der Waals surface area contributed by atoms with Crippen molar-refractivity contribution in [2.24, 2.45) is 0 Å². The molecule has 1 aromatic carbocycles. The maximum absolute atomic E-state index is 12.4. The zero-order chi connectivity index (χ0) is 15.2. The Labute approximate surface area is 123 Å². The fourth-order valence-corrected chi connectivity index (χ4v) is 2.31. The predicted octanol–water partition coefficient (Wildman–Crippen LogP) is 2.24. The minimum atomic E-state index is -1.01. The van der Waals surface area contributed by atoms with E-state index in [4.69, 9.17) is 9.84 Å². The number of hydrogen-bond acceptors (Lipinski definition) is 3. The highest BCUT2D eigenvalue weighted by Crippen LogP contribution is 2.30. The number of nitrogens with one attached hydrogen (secondary N) is 1. The zero-order valence-electron chi connectivity index (χ0n) is 12.0. The Morgan fingerprint density at radius 3 is 2.90 bits per heavy atom. The largest absolute Gasteiger partial charge is 0.491 e. The standard InChI is InChI=1S/C15H20N2O4/c1-2-6-11(14(18)19)16-15(20)17-9-5-10-21-13-8-4-3-7-12(13)17/h3-4,7-8,11H,2,5-6,9-10H2,1H3,(H,16,20)(H,18,19)/t11-/m0/s1. The van der Waals surface area contributed by atoms with Gasteiger partial charge in [-0.05, 0) is 25.0 Å². The van der Waals surface area contributed by atoms with Crippen molar-refractivity contribution >= 4 is 17.7 Å². The molecule has 0 bridgehead atoms. The van der Waals surface area contributed by atoms with E-state index in [2.05, 4.69) is 5.32 Å². The number of nitrogens with zero attached hydrogens (tertiary/aromatic N) is 1. The lowest BCUT2D eigenvalue weighted by atomic mass is 10.2. The van der Waals surface area contributed by atoms with Crippen molar-refractivity contribution in [3.05, 3.63) is 24.3 Å². The van der Waals surface area contributed by atoms with Crippen LogP contribution in [0.3, 0.4) is 0 Å². The van der Waals surface area contributed by atoms with Crippen molar-refractivity contribution < 1.29 is 19.4 Å². The number of ether oxygens (including phenoxy) is 1. The Bertz CT molecular complexity index is 518. The van der Waals surface area contributed by atoms with Gasteiger partial charge in [0.05, 0.1) is 12.3 Å². The van der Waals surface area contributed by atoms with Crippen molar-refractivity contribution in [2.45, 2.75) is 32.2 Å². The quantitative estimate of drug-likeness (QED) is 0.892. The van der Waals surface area contributed by atoms with Crippen LogP contribution in [-0.4, -0.2) is 36.3 Å². The van der Waals surface area contributed by atoms with Crippen LogP contribution in [0.15, 0.2) is 24.3 Å². The van der Waals surface area contributed by atoms with E-state index >= 15 is 0 Å². The molecule has 0 fully saturated rings. The van der Waals surface area contributed by atoms with Gasteiger partial charge in [-0.25, -0.2) is 9.59 Å². The number of para-hydroxylation sites is 2. The molecule has 0 aromatic heterocycles. The molecular formula is C15H20N2O4. The predicted molar refractivity (Wildman–Crippen MR) is 78.8 cm³/mol. The van der Waals surface area contributed by atoms with Crippen LogP contribution in [0.5, 0.6) is 5.75 Å². The van der Waals surface area contributed by atoms with Crippen molar-refractivity contribution in [3.63, 3.8) is 0 Å². The maximum Gasteiger partial charge on any atom is 0.326 e. The lowest BCUT2D eigenvalue weighted by Gasteiger charge is -2.24. The number of hydrogen-bond donors (Lipinski definition) is 2. The normalized spacial score (nSPS) is 15.4. The van der Waals surface area contributed by atoms with E-state index in [1.165, 1.54) is 0 Å². The van der Waals surface area contributed by atoms with Gasteiger partial charge < -0.3 is 15.2 Å². The van der Waals surface area contributed by atoms with Crippen molar-refractivity contribution in [2.75, 3.05) is 18.1 Å². The molecule has 114 valence electrons. The van der Waals surface area contributed by atoms with E-state index in [1.807, 2.05) is 25.1 Å². The first-order chi connectivity index (χ1) is 10.1. The smallest absolute Gasteiger partial charge is 0.326 e. The van der Waals surface area contributed by atoms with Gasteiger partial charge in [0.25, 0.3) is 0 Å². The molecule has 0 aliphatic carbocycles. The molecule has 6 heteroatoms. The van der Waals surface area contributed by atoms with E-state index in [1.54, 1.807) is 11.0 Å². The van der Waals surface area contributed by atoms with E-state index in [0.717, 1.165) is 0 Å². The van der Waals surface area contributed by atoms with Crippen LogP contribution in [0.4, 0.5) is 10.5 Å². The number of anilines is 1. The highest BCUT2D eigenvalue weighted by atomic mass is 16.5. The Hall–Kier alpha value is -2.24. The summed E-state index contributed by atoms with van der Waals surface area (Å²) in [5.74, 6) is -0.364. The third-order valence-electron chi connectivity index (χ3n) is 3.36. The van der Waals surface area contributed by atoms with Crippen LogP contribution in [0.1, 0.15) is 26.2 Å². The fraction of sp³-hybridized carbons (Fsp3) is 0.467. The van der Waals surface area contributed by atoms with Crippen LogP contribution in [0.2, 0.25) is 0 Å². The number of rotatable bonds is 4. The SMILES string of the molecule is CCC[C@H](NC(=O)N1CCCOc2ccccc21)C(=O)O. The third kappa shape index (κ3) is 3.65. The fourth-order valence-electron chi connectivity index (χ4n) is 2.31. The lowest BCUT2D eigenvalue weighted by Crippen LogP contribution is -2.48. The molecule has 1 aromatic rings. The Morgan fingerprint density at radius 2 is 2.19 bits per heavy atom. The van der Waals surface area contributed by atoms with E-state index in [9.17, 15) is 9.59 Å². The topological polar surface area (TPSA) is 78.9 Å². The second kappa shape index (κ2) is 6.97. The second-order valence-electron chi connectivity index (χ2n) is 4.95. The highest BCUT2D eigenvalue weighted by Gasteiger charge is 2.26. The monoisotopic (exact) mass is 292 g/mol. The first kappa shape index (κ1) is 15.2. The zero-order valence-corrected chi connectivity index (χ0v) is 12.0. The van der Waals surface area contributed by atoms with Crippen molar-refractivity contribution in [3.8, 4) is 5.75 Å². The summed E-state index contributed by atoms with van der Waals surface area (Å²) in [5, 5.41) is 11.7. The van der Waals surface area contributed by atoms with Crippen LogP contribution in [0.25, 0.3) is 0 Å². The van der Waals surface area contributed by atoms with Crippen LogP contribution >= 0.6 is 0 Å². The Kier molecular flexibility index (Phi) is 5.03. The molecule has 0 saturated heterocycles. The number of carboxylic acids is 1. The summed E-state index contributed by atoms with van der Waals surface area (Å²) in [4.78, 5) is 25.1. The summed E-state index contributed by atoms with van der Waals surface area (Å²) in [6.07, 6.45) is 1.80. The molecule has 1 heterocycles. The van der Waals surface area contributed by atoms with Gasteiger partial charge in [-0.3, -0.25) is 4.90 Å². The number of benzene rings is 1. The molecule has 1 aliphatic rings. The van der Waals surface area contributed by atoms with Gasteiger partial charge >= 0.3 is 12.0 Å². The summed E-state index contributed by atoms with van der Waals surface area (Å²) >= 11 is 0. The summed E-state index contributed by atoms with van der Waals surface area (Å²) in [5.41, 5.74) is 0.674. The Morgan fingerprint density at radius 1 is 1.43 bits per heavy atom. The summed E-state index contributed by atoms with van der Waals surface area (Å²) in [7, 11) is 0. The van der Waals surface area contributed by atoms with Gasteiger partial charge in [0.1, 0.15) is 11.8 Å². The van der Waals surface area contributed by atoms with Crippen molar-refractivity contribution in [1.29, 1.82) is 0 Å². The summed E-state index contributed by atoms with van der Waals surface area (Å²) in [6.45, 7) is 2.93. The molecule has 0 unspecified atom stereocenters. The number of aliphatic carboxylic acids is 1. The first-order valence-corrected chi connectivity index (χ1v) is 7.16. The molecule has 1 atom stereocenters. The molecule has 0 saturated carbocycles. The van der Waals surface area contributed by atoms with Crippen LogP contribution in [-0.2, 0) is 4.79 Å². The number of carboxylic acid groups (broad SMARTS) is 1. The average Bonchev–Trinajstić information content (AvgIpc) is 2.69. The molecular weight excluding hydrogens is 272 g/mol. The number of amides is 2. The van der Waals surface area contributed by atoms with E-state index in [0.29, 0.717) is 43.9 Å². The molecule has 0 radical (unpaired) electrons. The minimum absolute atomic E-state index is 0.395. The number of carbonyl (C=O) groups excluding carboxylic acids is 1. The molecule has 2 rings (SSSR count). The number of urea groups is 1. The second-order valence-corrected chi connectivity index (χ2v) is 4.95. The summed E-state index contributed by atoms with van der Waals surface area (Å²) in [6, 6.07) is 6.02. The van der Waals surface area contributed by atoms with E-state index in [-0.39, 0.29) is 0 Å². The van der Waals surface area contributed by atoms with Crippen LogP contribution in [0, 0.1) is 0 Å². The first-order valence-electron chi connectivity index (χ1n) is 7.16. The van der Waals surface area contributed by atoms with Crippen LogP contribution < -0.4 is 15.0 Å². The molecule has 0 spiro atoms. The molecule has 21 heavy (non-hydrogen) atoms. The summed E-state index contributed by atoms with van der Waals surface area (Å²) < 4.78 is 5.59. The van der Waals surface area contributed by atoms with Gasteiger partial charge in [-0.2, -0.15) is 0 Å².